The Labute approximate surface area is 150 Å². The molecule has 2 aromatic carbocycles. The van der Waals surface area contributed by atoms with Crippen LogP contribution in [0.4, 0.5) is 5.95 Å². The second-order valence-corrected chi connectivity index (χ2v) is 5.76. The molecule has 0 fully saturated rings. The van der Waals surface area contributed by atoms with E-state index in [1.807, 2.05) is 42.5 Å². The van der Waals surface area contributed by atoms with E-state index in [-0.39, 0.29) is 0 Å². The van der Waals surface area contributed by atoms with Crippen molar-refractivity contribution in [3.05, 3.63) is 66.4 Å². The second kappa shape index (κ2) is 7.18. The zero-order chi connectivity index (χ0) is 17.8. The third-order valence-electron chi connectivity index (χ3n) is 4.05. The van der Waals surface area contributed by atoms with Crippen molar-refractivity contribution >= 4 is 17.1 Å². The van der Waals surface area contributed by atoms with E-state index in [0.717, 1.165) is 24.4 Å². The normalized spacial score (nSPS) is 10.8. The van der Waals surface area contributed by atoms with Gasteiger partial charge in [-0.15, -0.1) is 5.10 Å². The van der Waals surface area contributed by atoms with Crippen molar-refractivity contribution in [1.29, 1.82) is 0 Å². The van der Waals surface area contributed by atoms with Crippen LogP contribution in [0.2, 0.25) is 0 Å². The summed E-state index contributed by atoms with van der Waals surface area (Å²) in [5.74, 6) is 1.35. The zero-order valence-electron chi connectivity index (χ0n) is 14.3. The molecule has 0 bridgehead atoms. The average molecular weight is 346 g/mol. The summed E-state index contributed by atoms with van der Waals surface area (Å²) in [5.41, 5.74) is 3.44. The molecule has 0 aliphatic heterocycles. The highest BCUT2D eigenvalue weighted by molar-refractivity contribution is 5.72. The monoisotopic (exact) mass is 346 g/mol. The Morgan fingerprint density at radius 2 is 1.85 bits per heavy atom. The molecule has 0 spiro atoms. The van der Waals surface area contributed by atoms with Gasteiger partial charge in [0.15, 0.2) is 11.2 Å². The maximum absolute atomic E-state index is 5.19. The molecule has 7 nitrogen and oxygen atoms in total. The van der Waals surface area contributed by atoms with Gasteiger partial charge in [0.05, 0.1) is 19.0 Å². The number of nitrogens with one attached hydrogen (secondary N) is 1. The van der Waals surface area contributed by atoms with Crippen molar-refractivity contribution < 1.29 is 4.74 Å². The summed E-state index contributed by atoms with van der Waals surface area (Å²) in [6, 6.07) is 17.9. The molecule has 2 heterocycles. The van der Waals surface area contributed by atoms with Gasteiger partial charge in [-0.05, 0) is 36.2 Å². The maximum Gasteiger partial charge on any atom is 0.224 e. The fourth-order valence-corrected chi connectivity index (χ4v) is 2.67. The van der Waals surface area contributed by atoms with Crippen molar-refractivity contribution in [3.63, 3.8) is 0 Å². The smallest absolute Gasteiger partial charge is 0.224 e. The van der Waals surface area contributed by atoms with Gasteiger partial charge in [0.25, 0.3) is 0 Å². The van der Waals surface area contributed by atoms with Gasteiger partial charge in [0.1, 0.15) is 5.75 Å². The van der Waals surface area contributed by atoms with E-state index in [1.165, 1.54) is 5.56 Å². The SMILES string of the molecule is COc1ccc(-n2nnc3cnc(NCCc4ccccc4)nc32)cc1. The lowest BCUT2D eigenvalue weighted by Gasteiger charge is -2.06. The fourth-order valence-electron chi connectivity index (χ4n) is 2.67. The Kier molecular flexibility index (Phi) is 4.42. The minimum absolute atomic E-state index is 0.561. The van der Waals surface area contributed by atoms with Gasteiger partial charge >= 0.3 is 0 Å². The average Bonchev–Trinajstić information content (AvgIpc) is 3.12. The number of nitrogens with zero attached hydrogens (tertiary/aromatic N) is 5. The summed E-state index contributed by atoms with van der Waals surface area (Å²) in [5, 5.41) is 11.6. The van der Waals surface area contributed by atoms with E-state index in [9.17, 15) is 0 Å². The molecule has 0 unspecified atom stereocenters. The molecule has 0 saturated heterocycles. The van der Waals surface area contributed by atoms with Crippen LogP contribution in [0.15, 0.2) is 60.8 Å². The lowest BCUT2D eigenvalue weighted by molar-refractivity contribution is 0.414. The third-order valence-corrected chi connectivity index (χ3v) is 4.05. The van der Waals surface area contributed by atoms with Crippen LogP contribution in [0.25, 0.3) is 16.9 Å². The summed E-state index contributed by atoms with van der Waals surface area (Å²) in [4.78, 5) is 8.88. The van der Waals surface area contributed by atoms with E-state index < -0.39 is 0 Å². The predicted octanol–water partition coefficient (Wildman–Crippen LogP) is 2.87. The first-order chi connectivity index (χ1) is 12.8. The van der Waals surface area contributed by atoms with Gasteiger partial charge in [-0.3, -0.25) is 0 Å². The highest BCUT2D eigenvalue weighted by atomic mass is 16.5. The van der Waals surface area contributed by atoms with Crippen LogP contribution in [-0.4, -0.2) is 38.6 Å². The lowest BCUT2D eigenvalue weighted by Crippen LogP contribution is -2.08. The second-order valence-electron chi connectivity index (χ2n) is 5.76. The Balaban J connectivity index is 1.54. The number of rotatable bonds is 6. The molecule has 4 aromatic rings. The number of hydrogen-bond acceptors (Lipinski definition) is 6. The molecule has 0 radical (unpaired) electrons. The van der Waals surface area contributed by atoms with Crippen molar-refractivity contribution in [1.82, 2.24) is 25.0 Å². The van der Waals surface area contributed by atoms with E-state index in [4.69, 9.17) is 4.74 Å². The van der Waals surface area contributed by atoms with Crippen LogP contribution < -0.4 is 10.1 Å². The van der Waals surface area contributed by atoms with Crippen molar-refractivity contribution in [2.45, 2.75) is 6.42 Å². The molecule has 130 valence electrons. The number of hydrogen-bond donors (Lipinski definition) is 1. The van der Waals surface area contributed by atoms with Gasteiger partial charge in [-0.25, -0.2) is 4.98 Å². The van der Waals surface area contributed by atoms with Gasteiger partial charge in [0.2, 0.25) is 5.95 Å². The molecule has 26 heavy (non-hydrogen) atoms. The summed E-state index contributed by atoms with van der Waals surface area (Å²) >= 11 is 0. The minimum atomic E-state index is 0.561. The first kappa shape index (κ1) is 16.0. The Hall–Kier alpha value is -3.48. The zero-order valence-corrected chi connectivity index (χ0v) is 14.3. The number of ether oxygens (including phenoxy) is 1. The number of benzene rings is 2. The van der Waals surface area contributed by atoms with Crippen molar-refractivity contribution in [2.75, 3.05) is 19.0 Å². The summed E-state index contributed by atoms with van der Waals surface area (Å²) in [6.45, 7) is 0.750. The van der Waals surface area contributed by atoms with Crippen LogP contribution >= 0.6 is 0 Å². The quantitative estimate of drug-likeness (QED) is 0.578. The van der Waals surface area contributed by atoms with Crippen LogP contribution in [-0.2, 0) is 6.42 Å². The van der Waals surface area contributed by atoms with Gasteiger partial charge in [-0.1, -0.05) is 35.5 Å². The van der Waals surface area contributed by atoms with Gasteiger partial charge in [-0.2, -0.15) is 9.67 Å². The fraction of sp³-hybridized carbons (Fsp3) is 0.158. The van der Waals surface area contributed by atoms with Crippen LogP contribution in [0.5, 0.6) is 5.75 Å². The molecule has 0 aliphatic rings. The van der Waals surface area contributed by atoms with E-state index >= 15 is 0 Å². The first-order valence-electron chi connectivity index (χ1n) is 8.34. The Morgan fingerprint density at radius 1 is 1.04 bits per heavy atom. The summed E-state index contributed by atoms with van der Waals surface area (Å²) < 4.78 is 6.89. The van der Waals surface area contributed by atoms with Crippen molar-refractivity contribution in [2.24, 2.45) is 0 Å². The van der Waals surface area contributed by atoms with E-state index in [0.29, 0.717) is 17.1 Å². The third kappa shape index (κ3) is 3.32. The number of aromatic nitrogens is 5. The van der Waals surface area contributed by atoms with E-state index in [1.54, 1.807) is 18.0 Å². The Morgan fingerprint density at radius 3 is 2.62 bits per heavy atom. The maximum atomic E-state index is 5.19. The molecule has 0 atom stereocenters. The molecule has 1 N–H and O–H groups in total. The first-order valence-corrected chi connectivity index (χ1v) is 8.34. The molecule has 0 aliphatic carbocycles. The molecular weight excluding hydrogens is 328 g/mol. The number of methoxy groups -OCH3 is 1. The molecule has 2 aromatic heterocycles. The minimum Gasteiger partial charge on any atom is -0.497 e. The summed E-state index contributed by atoms with van der Waals surface area (Å²) in [6.07, 6.45) is 2.58. The van der Waals surface area contributed by atoms with Crippen molar-refractivity contribution in [3.8, 4) is 11.4 Å². The number of fused-ring (bicyclic) bond motifs is 1. The summed E-state index contributed by atoms with van der Waals surface area (Å²) in [7, 11) is 1.64. The van der Waals surface area contributed by atoms with Crippen LogP contribution in [0.3, 0.4) is 0 Å². The molecule has 7 heteroatoms. The molecule has 0 saturated carbocycles. The van der Waals surface area contributed by atoms with E-state index in [2.05, 4.69) is 37.7 Å². The van der Waals surface area contributed by atoms with Crippen LogP contribution in [0, 0.1) is 0 Å². The highest BCUT2D eigenvalue weighted by Crippen LogP contribution is 2.18. The Bertz CT molecular complexity index is 998. The number of anilines is 1. The lowest BCUT2D eigenvalue weighted by atomic mass is 10.1. The highest BCUT2D eigenvalue weighted by Gasteiger charge is 2.10. The van der Waals surface area contributed by atoms with Gasteiger partial charge in [0, 0.05) is 6.54 Å². The molecule has 0 amide bonds. The predicted molar refractivity (Wildman–Crippen MR) is 99.6 cm³/mol. The standard InChI is InChI=1S/C19H18N6O/c1-26-16-9-7-15(8-10-16)25-18-17(23-24-25)13-21-19(22-18)20-12-11-14-5-3-2-4-6-14/h2-10,13H,11-12H2,1H3,(H,20,21,22). The topological polar surface area (TPSA) is 77.8 Å². The molecule has 4 rings (SSSR count). The largest absolute Gasteiger partial charge is 0.497 e. The molecular formula is C19H18N6O. The van der Waals surface area contributed by atoms with Crippen LogP contribution in [0.1, 0.15) is 5.56 Å². The van der Waals surface area contributed by atoms with Gasteiger partial charge < -0.3 is 10.1 Å².